The lowest BCUT2D eigenvalue weighted by atomic mass is 9.86. The number of carbonyl (C=O) groups is 1. The maximum atomic E-state index is 12.3. The molecule has 1 aromatic carbocycles. The Hall–Kier alpha value is -2.08. The Kier molecular flexibility index (Phi) is 5.83. The molecular formula is C18H25N3O2S. The van der Waals surface area contributed by atoms with Gasteiger partial charge in [-0.15, -0.1) is 0 Å². The van der Waals surface area contributed by atoms with Crippen LogP contribution >= 0.6 is 11.5 Å². The van der Waals surface area contributed by atoms with Gasteiger partial charge in [0.25, 0.3) is 5.91 Å². The molecule has 1 unspecified atom stereocenters. The number of hydrogen-bond donors (Lipinski definition) is 2. The van der Waals surface area contributed by atoms with Gasteiger partial charge in [-0.2, -0.15) is 4.37 Å². The maximum absolute atomic E-state index is 12.3. The average molecular weight is 347 g/mol. The number of amides is 1. The maximum Gasteiger partial charge on any atom is 0.254 e. The van der Waals surface area contributed by atoms with Crippen molar-refractivity contribution < 1.29 is 9.53 Å². The molecule has 1 atom stereocenters. The van der Waals surface area contributed by atoms with Crippen LogP contribution in [0.5, 0.6) is 5.75 Å². The number of anilines is 1. The molecular weight excluding hydrogens is 322 g/mol. The number of carbonyl (C=O) groups excluding carboxylic acids is 1. The fraction of sp³-hybridized carbons (Fsp3) is 0.444. The van der Waals surface area contributed by atoms with Gasteiger partial charge in [0.05, 0.1) is 18.4 Å². The highest BCUT2D eigenvalue weighted by Crippen LogP contribution is 2.25. The van der Waals surface area contributed by atoms with Crippen molar-refractivity contribution in [2.75, 3.05) is 19.0 Å². The van der Waals surface area contributed by atoms with Crippen LogP contribution in [0.1, 0.15) is 36.8 Å². The van der Waals surface area contributed by atoms with Crippen LogP contribution in [0.25, 0.3) is 0 Å². The number of benzene rings is 1. The molecule has 1 heterocycles. The second-order valence-electron chi connectivity index (χ2n) is 6.82. The summed E-state index contributed by atoms with van der Waals surface area (Å²) >= 11 is 1.30. The zero-order valence-electron chi connectivity index (χ0n) is 14.8. The van der Waals surface area contributed by atoms with Gasteiger partial charge in [0, 0.05) is 29.7 Å². The van der Waals surface area contributed by atoms with E-state index in [1.54, 1.807) is 12.5 Å². The highest BCUT2D eigenvalue weighted by molar-refractivity contribution is 7.03. The van der Waals surface area contributed by atoms with Crippen LogP contribution in [0.4, 0.5) is 5.69 Å². The minimum atomic E-state index is -0.0806. The van der Waals surface area contributed by atoms with Gasteiger partial charge in [0.15, 0.2) is 0 Å². The topological polar surface area (TPSA) is 63.2 Å². The van der Waals surface area contributed by atoms with Crippen LogP contribution in [0.2, 0.25) is 0 Å². The van der Waals surface area contributed by atoms with Gasteiger partial charge in [0.1, 0.15) is 5.75 Å². The summed E-state index contributed by atoms with van der Waals surface area (Å²) in [6.07, 6.45) is 0. The Balaban J connectivity index is 2.06. The van der Waals surface area contributed by atoms with E-state index in [2.05, 4.69) is 35.8 Å². The molecule has 1 amide bonds. The summed E-state index contributed by atoms with van der Waals surface area (Å²) in [5.74, 6) is 0.722. The first-order chi connectivity index (χ1) is 11.3. The van der Waals surface area contributed by atoms with Crippen molar-refractivity contribution in [2.45, 2.75) is 33.7 Å². The Morgan fingerprint density at radius 3 is 2.71 bits per heavy atom. The third kappa shape index (κ3) is 4.71. The highest BCUT2D eigenvalue weighted by Gasteiger charge is 2.25. The van der Waals surface area contributed by atoms with Crippen molar-refractivity contribution in [3.05, 3.63) is 40.9 Å². The van der Waals surface area contributed by atoms with E-state index in [4.69, 9.17) is 4.74 Å². The molecule has 130 valence electrons. The van der Waals surface area contributed by atoms with E-state index < -0.39 is 0 Å². The van der Waals surface area contributed by atoms with Crippen LogP contribution in [0, 0.1) is 12.3 Å². The molecule has 2 N–H and O–H groups in total. The largest absolute Gasteiger partial charge is 0.497 e. The van der Waals surface area contributed by atoms with E-state index >= 15 is 0 Å². The monoisotopic (exact) mass is 347 g/mol. The summed E-state index contributed by atoms with van der Waals surface area (Å²) in [7, 11) is 1.65. The minimum absolute atomic E-state index is 0.0295. The third-order valence-electron chi connectivity index (χ3n) is 3.92. The molecule has 5 nitrogen and oxygen atoms in total. The first-order valence-corrected chi connectivity index (χ1v) is 8.74. The summed E-state index contributed by atoms with van der Waals surface area (Å²) in [5, 5.41) is 8.30. The number of methoxy groups -OCH3 is 1. The molecule has 0 saturated heterocycles. The van der Waals surface area contributed by atoms with E-state index in [9.17, 15) is 4.79 Å². The van der Waals surface area contributed by atoms with Crippen molar-refractivity contribution in [3.8, 4) is 5.75 Å². The zero-order valence-corrected chi connectivity index (χ0v) is 15.7. The second-order valence-corrected chi connectivity index (χ2v) is 7.45. The van der Waals surface area contributed by atoms with Gasteiger partial charge in [-0.05, 0) is 36.0 Å². The van der Waals surface area contributed by atoms with Gasteiger partial charge < -0.3 is 15.4 Å². The zero-order chi connectivity index (χ0) is 17.7. The van der Waals surface area contributed by atoms with E-state index in [0.717, 1.165) is 17.1 Å². The lowest BCUT2D eigenvalue weighted by Gasteiger charge is -2.32. The Bertz CT molecular complexity index is 692. The van der Waals surface area contributed by atoms with Crippen molar-refractivity contribution in [1.82, 2.24) is 9.69 Å². The molecule has 6 heteroatoms. The quantitative estimate of drug-likeness (QED) is 0.836. The number of nitrogens with one attached hydrogen (secondary N) is 2. The molecule has 24 heavy (non-hydrogen) atoms. The predicted octanol–water partition coefficient (Wildman–Crippen LogP) is 3.72. The molecule has 0 fully saturated rings. The third-order valence-corrected chi connectivity index (χ3v) is 4.64. The molecule has 0 radical (unpaired) electrons. The molecule has 2 aromatic rings. The smallest absolute Gasteiger partial charge is 0.254 e. The minimum Gasteiger partial charge on any atom is -0.497 e. The summed E-state index contributed by atoms with van der Waals surface area (Å²) in [6.45, 7) is 8.81. The Labute approximate surface area is 147 Å². The molecule has 0 aliphatic rings. The molecule has 0 aliphatic carbocycles. The predicted molar refractivity (Wildman–Crippen MR) is 99.0 cm³/mol. The molecule has 1 aromatic heterocycles. The number of aromatic nitrogens is 1. The number of aryl methyl sites for hydroxylation is 1. The van der Waals surface area contributed by atoms with Crippen molar-refractivity contribution in [3.63, 3.8) is 0 Å². The second kappa shape index (κ2) is 7.66. The normalized spacial score (nSPS) is 12.5. The van der Waals surface area contributed by atoms with Crippen LogP contribution in [-0.2, 0) is 0 Å². The van der Waals surface area contributed by atoms with Crippen LogP contribution in [0.3, 0.4) is 0 Å². The van der Waals surface area contributed by atoms with E-state index in [1.165, 1.54) is 11.5 Å². The SMILES string of the molecule is COc1cccc(NC(CNC(=O)c2csnc2C)C(C)(C)C)c1. The lowest BCUT2D eigenvalue weighted by Crippen LogP contribution is -2.44. The summed E-state index contributed by atoms with van der Waals surface area (Å²) < 4.78 is 9.42. The first-order valence-electron chi connectivity index (χ1n) is 7.91. The number of nitrogens with zero attached hydrogens (tertiary/aromatic N) is 1. The lowest BCUT2D eigenvalue weighted by molar-refractivity contribution is 0.0946. The number of ether oxygens (including phenoxy) is 1. The van der Waals surface area contributed by atoms with Crippen molar-refractivity contribution in [1.29, 1.82) is 0 Å². The van der Waals surface area contributed by atoms with E-state index in [-0.39, 0.29) is 17.4 Å². The fourth-order valence-corrected chi connectivity index (χ4v) is 2.98. The Morgan fingerprint density at radius 1 is 1.38 bits per heavy atom. The standard InChI is InChI=1S/C18H25N3O2S/c1-12-15(11-24-21-12)17(22)19-10-16(18(2,3)4)20-13-7-6-8-14(9-13)23-5/h6-9,11,16,20H,10H2,1-5H3,(H,19,22). The van der Waals surface area contributed by atoms with Gasteiger partial charge in [-0.25, -0.2) is 0 Å². The summed E-state index contributed by atoms with van der Waals surface area (Å²) in [6, 6.07) is 7.87. The van der Waals surface area contributed by atoms with Crippen molar-refractivity contribution in [2.24, 2.45) is 5.41 Å². The van der Waals surface area contributed by atoms with Crippen LogP contribution in [0.15, 0.2) is 29.6 Å². The summed E-state index contributed by atoms with van der Waals surface area (Å²) in [4.78, 5) is 12.3. The Morgan fingerprint density at radius 2 is 2.12 bits per heavy atom. The van der Waals surface area contributed by atoms with Crippen molar-refractivity contribution >= 4 is 23.1 Å². The van der Waals surface area contributed by atoms with Gasteiger partial charge in [-0.3, -0.25) is 4.79 Å². The molecule has 0 spiro atoms. The van der Waals surface area contributed by atoms with Gasteiger partial charge >= 0.3 is 0 Å². The van der Waals surface area contributed by atoms with E-state index in [1.807, 2.05) is 31.2 Å². The average Bonchev–Trinajstić information content (AvgIpc) is 2.96. The van der Waals surface area contributed by atoms with E-state index in [0.29, 0.717) is 12.1 Å². The van der Waals surface area contributed by atoms with Gasteiger partial charge in [0.2, 0.25) is 0 Å². The highest BCUT2D eigenvalue weighted by atomic mass is 32.1. The first kappa shape index (κ1) is 18.3. The van der Waals surface area contributed by atoms with Crippen LogP contribution < -0.4 is 15.4 Å². The molecule has 0 saturated carbocycles. The van der Waals surface area contributed by atoms with Gasteiger partial charge in [-0.1, -0.05) is 26.8 Å². The molecule has 0 bridgehead atoms. The molecule has 2 rings (SSSR count). The number of hydrogen-bond acceptors (Lipinski definition) is 5. The number of rotatable bonds is 6. The fourth-order valence-electron chi connectivity index (χ4n) is 2.29. The summed E-state index contributed by atoms with van der Waals surface area (Å²) in [5.41, 5.74) is 2.36. The molecule has 0 aliphatic heterocycles. The van der Waals surface area contributed by atoms with Crippen LogP contribution in [-0.4, -0.2) is 30.0 Å².